The smallest absolute Gasteiger partial charge is 0.115 e. The lowest BCUT2D eigenvalue weighted by molar-refractivity contribution is 0.513. The number of nitrogens with two attached hydrogens (primary N) is 1. The second kappa shape index (κ2) is 1.60. The highest BCUT2D eigenvalue weighted by Gasteiger charge is 2.02. The maximum atomic E-state index is 5.31. The maximum absolute atomic E-state index is 5.31. The van der Waals surface area contributed by atoms with E-state index in [9.17, 15) is 0 Å². The number of thiocarbonyl (C=S) groups is 1. The van der Waals surface area contributed by atoms with Crippen molar-refractivity contribution in [3.05, 3.63) is 12.2 Å². The van der Waals surface area contributed by atoms with Crippen LogP contribution in [0.3, 0.4) is 0 Å². The molecule has 38 valence electrons. The van der Waals surface area contributed by atoms with E-state index in [1.165, 1.54) is 5.01 Å². The minimum absolute atomic E-state index is 0.722. The Hall–Kier alpha value is -0.410. The van der Waals surface area contributed by atoms with Gasteiger partial charge in [-0.3, -0.25) is 5.01 Å². The van der Waals surface area contributed by atoms with Gasteiger partial charge < -0.3 is 0 Å². The topological polar surface area (TPSA) is 29.3 Å². The lowest BCUT2D eigenvalue weighted by Crippen LogP contribution is -2.30. The van der Waals surface area contributed by atoms with E-state index in [1.54, 1.807) is 0 Å². The van der Waals surface area contributed by atoms with Crippen LogP contribution in [0.15, 0.2) is 12.2 Å². The molecule has 0 bridgehead atoms. The molecule has 0 aromatic rings. The molecular weight excluding hydrogens is 108 g/mol. The third-order valence-corrected chi connectivity index (χ3v) is 1.22. The van der Waals surface area contributed by atoms with Crippen LogP contribution in [0.1, 0.15) is 0 Å². The van der Waals surface area contributed by atoms with Crippen LogP contribution >= 0.6 is 12.2 Å². The second-order valence-electron chi connectivity index (χ2n) is 1.39. The third kappa shape index (κ3) is 0.783. The molecule has 7 heavy (non-hydrogen) atoms. The Morgan fingerprint density at radius 3 is 2.71 bits per heavy atom. The summed E-state index contributed by atoms with van der Waals surface area (Å²) >= 11 is 4.76. The van der Waals surface area contributed by atoms with E-state index in [2.05, 4.69) is 0 Å². The fourth-order valence-corrected chi connectivity index (χ4v) is 0.624. The molecule has 1 aliphatic rings. The Balaban J connectivity index is 2.62. The van der Waals surface area contributed by atoms with Gasteiger partial charge >= 0.3 is 0 Å². The van der Waals surface area contributed by atoms with Crippen LogP contribution in [0.2, 0.25) is 0 Å². The zero-order chi connectivity index (χ0) is 5.28. The van der Waals surface area contributed by atoms with Gasteiger partial charge in [-0.05, 0) is 6.08 Å². The Kier molecular flexibility index (Phi) is 1.08. The van der Waals surface area contributed by atoms with Gasteiger partial charge in [0, 0.05) is 0 Å². The standard InChI is InChI=1S/C4H6N2S/c5-6-3-1-2-4(6)7/h1-2H,3,5H2. The largest absolute Gasteiger partial charge is 0.297 e. The van der Waals surface area contributed by atoms with Crippen molar-refractivity contribution in [2.24, 2.45) is 5.84 Å². The molecular formula is C4H6N2S. The van der Waals surface area contributed by atoms with Crippen molar-refractivity contribution in [2.45, 2.75) is 0 Å². The van der Waals surface area contributed by atoms with Crippen molar-refractivity contribution in [1.82, 2.24) is 5.01 Å². The Morgan fingerprint density at radius 2 is 2.57 bits per heavy atom. The summed E-state index contributed by atoms with van der Waals surface area (Å²) < 4.78 is 0. The Bertz CT molecular complexity index is 119. The monoisotopic (exact) mass is 114 g/mol. The van der Waals surface area contributed by atoms with Gasteiger partial charge in [-0.25, -0.2) is 5.84 Å². The quantitative estimate of drug-likeness (QED) is 0.356. The zero-order valence-electron chi connectivity index (χ0n) is 3.79. The van der Waals surface area contributed by atoms with Crippen LogP contribution < -0.4 is 5.84 Å². The molecule has 0 amide bonds. The lowest BCUT2D eigenvalue weighted by atomic mass is 10.6. The van der Waals surface area contributed by atoms with Crippen molar-refractivity contribution in [3.8, 4) is 0 Å². The molecule has 0 aromatic carbocycles. The van der Waals surface area contributed by atoms with E-state index in [0.717, 1.165) is 11.5 Å². The summed E-state index contributed by atoms with van der Waals surface area (Å²) in [6.45, 7) is 0.763. The van der Waals surface area contributed by atoms with Gasteiger partial charge in [0.2, 0.25) is 0 Å². The molecule has 0 fully saturated rings. The maximum Gasteiger partial charge on any atom is 0.115 e. The SMILES string of the molecule is NN1CC=CC1=S. The van der Waals surface area contributed by atoms with E-state index < -0.39 is 0 Å². The average molecular weight is 114 g/mol. The summed E-state index contributed by atoms with van der Waals surface area (Å²) in [7, 11) is 0. The van der Waals surface area contributed by atoms with E-state index >= 15 is 0 Å². The van der Waals surface area contributed by atoms with Crippen LogP contribution in [-0.4, -0.2) is 16.5 Å². The molecule has 0 unspecified atom stereocenters. The first-order valence-electron chi connectivity index (χ1n) is 2.03. The number of rotatable bonds is 0. The number of hydrogen-bond donors (Lipinski definition) is 1. The van der Waals surface area contributed by atoms with E-state index in [4.69, 9.17) is 18.1 Å². The predicted molar refractivity (Wildman–Crippen MR) is 32.6 cm³/mol. The summed E-state index contributed by atoms with van der Waals surface area (Å²) in [6, 6.07) is 0. The minimum Gasteiger partial charge on any atom is -0.297 e. The number of hydrogen-bond acceptors (Lipinski definition) is 2. The summed E-state index contributed by atoms with van der Waals surface area (Å²) in [6.07, 6.45) is 3.76. The molecule has 1 aliphatic heterocycles. The van der Waals surface area contributed by atoms with E-state index in [0.29, 0.717) is 0 Å². The first kappa shape index (κ1) is 4.74. The molecule has 0 spiro atoms. The fraction of sp³-hybridized carbons (Fsp3) is 0.250. The van der Waals surface area contributed by atoms with Crippen molar-refractivity contribution < 1.29 is 0 Å². The van der Waals surface area contributed by atoms with E-state index in [1.807, 2.05) is 12.2 Å². The van der Waals surface area contributed by atoms with Gasteiger partial charge in [-0.15, -0.1) is 0 Å². The second-order valence-corrected chi connectivity index (χ2v) is 1.81. The predicted octanol–water partition coefficient (Wildman–Crippen LogP) is 0.0593. The molecule has 0 aromatic heterocycles. The summed E-state index contributed by atoms with van der Waals surface area (Å²) in [4.78, 5) is 0.722. The van der Waals surface area contributed by atoms with Crippen LogP contribution in [-0.2, 0) is 0 Å². The normalized spacial score (nSPS) is 19.0. The summed E-state index contributed by atoms with van der Waals surface area (Å²) in [5, 5.41) is 1.52. The van der Waals surface area contributed by atoms with Crippen molar-refractivity contribution >= 4 is 17.2 Å². The zero-order valence-corrected chi connectivity index (χ0v) is 4.61. The molecule has 0 aliphatic carbocycles. The van der Waals surface area contributed by atoms with Gasteiger partial charge in [-0.1, -0.05) is 18.3 Å². The highest BCUT2D eigenvalue weighted by Crippen LogP contribution is 1.94. The minimum atomic E-state index is 0.722. The molecule has 1 heterocycles. The van der Waals surface area contributed by atoms with Crippen LogP contribution in [0.25, 0.3) is 0 Å². The van der Waals surface area contributed by atoms with Crippen LogP contribution in [0.4, 0.5) is 0 Å². The molecule has 0 saturated carbocycles. The number of nitrogens with zero attached hydrogens (tertiary/aromatic N) is 1. The first-order valence-corrected chi connectivity index (χ1v) is 2.44. The lowest BCUT2D eigenvalue weighted by Gasteiger charge is -2.06. The fourth-order valence-electron chi connectivity index (χ4n) is 0.453. The van der Waals surface area contributed by atoms with Crippen molar-refractivity contribution in [1.29, 1.82) is 0 Å². The van der Waals surface area contributed by atoms with Gasteiger partial charge in [0.25, 0.3) is 0 Å². The third-order valence-electron chi connectivity index (χ3n) is 0.846. The van der Waals surface area contributed by atoms with E-state index in [-0.39, 0.29) is 0 Å². The van der Waals surface area contributed by atoms with Crippen molar-refractivity contribution in [2.75, 3.05) is 6.54 Å². The van der Waals surface area contributed by atoms with Gasteiger partial charge in [0.05, 0.1) is 6.54 Å². The average Bonchev–Trinajstić information content (AvgIpc) is 1.91. The molecule has 2 nitrogen and oxygen atoms in total. The van der Waals surface area contributed by atoms with Crippen LogP contribution in [0, 0.1) is 0 Å². The molecule has 0 saturated heterocycles. The van der Waals surface area contributed by atoms with Gasteiger partial charge in [-0.2, -0.15) is 0 Å². The van der Waals surface area contributed by atoms with Gasteiger partial charge in [0.1, 0.15) is 4.99 Å². The molecule has 0 atom stereocenters. The Morgan fingerprint density at radius 1 is 1.86 bits per heavy atom. The summed E-state index contributed by atoms with van der Waals surface area (Å²) in [5.74, 6) is 5.31. The molecule has 3 heteroatoms. The highest BCUT2D eigenvalue weighted by molar-refractivity contribution is 7.80. The molecule has 2 N–H and O–H groups in total. The Labute approximate surface area is 47.6 Å². The molecule has 0 radical (unpaired) electrons. The first-order chi connectivity index (χ1) is 3.30. The van der Waals surface area contributed by atoms with Gasteiger partial charge in [0.15, 0.2) is 0 Å². The highest BCUT2D eigenvalue weighted by atomic mass is 32.1. The van der Waals surface area contributed by atoms with Crippen LogP contribution in [0.5, 0.6) is 0 Å². The number of hydrazine groups is 1. The van der Waals surface area contributed by atoms with Crippen molar-refractivity contribution in [3.63, 3.8) is 0 Å². The summed E-state index contributed by atoms with van der Waals surface area (Å²) in [5.41, 5.74) is 0. The molecule has 1 rings (SSSR count).